The number of hydrogen-bond donors (Lipinski definition) is 1. The fraction of sp³-hybridized carbons (Fsp3) is 0.238. The van der Waals surface area contributed by atoms with Crippen molar-refractivity contribution in [1.82, 2.24) is 10.2 Å². The Balaban J connectivity index is 1.40. The molecule has 2 aliphatic rings. The predicted octanol–water partition coefficient (Wildman–Crippen LogP) is 1.38. The monoisotopic (exact) mass is 377 g/mol. The highest BCUT2D eigenvalue weighted by Gasteiger charge is 2.37. The first kappa shape index (κ1) is 17.9. The third-order valence-corrected chi connectivity index (χ3v) is 5.08. The topological polar surface area (TPSA) is 86.8 Å². The first-order chi connectivity index (χ1) is 13.5. The number of rotatable bonds is 4. The van der Waals surface area contributed by atoms with Crippen LogP contribution in [0.5, 0.6) is 0 Å². The highest BCUT2D eigenvalue weighted by molar-refractivity contribution is 6.22. The van der Waals surface area contributed by atoms with Gasteiger partial charge in [0.25, 0.3) is 11.8 Å². The first-order valence-electron chi connectivity index (χ1n) is 9.11. The molecule has 28 heavy (non-hydrogen) atoms. The number of anilines is 1. The van der Waals surface area contributed by atoms with Crippen LogP contribution in [0.15, 0.2) is 48.5 Å². The van der Waals surface area contributed by atoms with Crippen LogP contribution in [0.25, 0.3) is 0 Å². The van der Waals surface area contributed by atoms with Crippen LogP contribution in [0, 0.1) is 0 Å². The summed E-state index contributed by atoms with van der Waals surface area (Å²) in [4.78, 5) is 52.4. The maximum absolute atomic E-state index is 12.8. The SMILES string of the molecule is C[C@H](NC(=O)CN1C(=O)c2ccccc2C1=O)C(=O)N1CCc2ccccc21. The molecule has 0 radical (unpaired) electrons. The van der Waals surface area contributed by atoms with Crippen LogP contribution in [0.1, 0.15) is 33.2 Å². The smallest absolute Gasteiger partial charge is 0.262 e. The minimum Gasteiger partial charge on any atom is -0.343 e. The maximum Gasteiger partial charge on any atom is 0.262 e. The number of para-hydroxylation sites is 1. The minimum atomic E-state index is -0.770. The van der Waals surface area contributed by atoms with Crippen LogP contribution in [0.3, 0.4) is 0 Å². The summed E-state index contributed by atoms with van der Waals surface area (Å²) in [5, 5.41) is 2.61. The van der Waals surface area contributed by atoms with Crippen LogP contribution < -0.4 is 10.2 Å². The number of nitrogens with one attached hydrogen (secondary N) is 1. The zero-order valence-corrected chi connectivity index (χ0v) is 15.3. The second kappa shape index (κ2) is 6.92. The van der Waals surface area contributed by atoms with Gasteiger partial charge in [0.1, 0.15) is 12.6 Å². The van der Waals surface area contributed by atoms with E-state index in [1.165, 1.54) is 0 Å². The van der Waals surface area contributed by atoms with Crippen molar-refractivity contribution in [3.63, 3.8) is 0 Å². The Morgan fingerprint density at radius 2 is 1.61 bits per heavy atom. The van der Waals surface area contributed by atoms with E-state index in [2.05, 4.69) is 5.32 Å². The number of amides is 4. The Hall–Kier alpha value is -3.48. The first-order valence-corrected chi connectivity index (χ1v) is 9.11. The Labute approximate surface area is 161 Å². The van der Waals surface area contributed by atoms with Gasteiger partial charge in [-0.1, -0.05) is 30.3 Å². The van der Waals surface area contributed by atoms with Gasteiger partial charge in [0, 0.05) is 12.2 Å². The van der Waals surface area contributed by atoms with E-state index in [1.54, 1.807) is 36.1 Å². The Kier molecular flexibility index (Phi) is 4.43. The van der Waals surface area contributed by atoms with E-state index in [4.69, 9.17) is 0 Å². The van der Waals surface area contributed by atoms with Gasteiger partial charge in [-0.05, 0) is 37.1 Å². The predicted molar refractivity (Wildman–Crippen MR) is 102 cm³/mol. The van der Waals surface area contributed by atoms with Gasteiger partial charge in [0.15, 0.2) is 0 Å². The highest BCUT2D eigenvalue weighted by atomic mass is 16.2. The largest absolute Gasteiger partial charge is 0.343 e. The molecule has 4 amide bonds. The summed E-state index contributed by atoms with van der Waals surface area (Å²) in [5.41, 5.74) is 2.53. The normalized spacial score (nSPS) is 16.0. The molecule has 0 aromatic heterocycles. The molecular formula is C21H19N3O4. The van der Waals surface area contributed by atoms with Gasteiger partial charge in [-0.2, -0.15) is 0 Å². The lowest BCUT2D eigenvalue weighted by Gasteiger charge is -2.23. The molecule has 2 aliphatic heterocycles. The maximum atomic E-state index is 12.8. The molecule has 1 N–H and O–H groups in total. The van der Waals surface area contributed by atoms with Crippen LogP contribution >= 0.6 is 0 Å². The van der Waals surface area contributed by atoms with Crippen LogP contribution in [-0.4, -0.2) is 47.7 Å². The zero-order chi connectivity index (χ0) is 19.8. The van der Waals surface area contributed by atoms with Gasteiger partial charge in [-0.25, -0.2) is 0 Å². The lowest BCUT2D eigenvalue weighted by Crippen LogP contribution is -2.49. The van der Waals surface area contributed by atoms with E-state index in [9.17, 15) is 19.2 Å². The molecule has 0 bridgehead atoms. The number of nitrogens with zero attached hydrogens (tertiary/aromatic N) is 2. The summed E-state index contributed by atoms with van der Waals surface area (Å²) in [7, 11) is 0. The summed E-state index contributed by atoms with van der Waals surface area (Å²) >= 11 is 0. The van der Waals surface area contributed by atoms with Crippen molar-refractivity contribution in [1.29, 1.82) is 0 Å². The van der Waals surface area contributed by atoms with Crippen molar-refractivity contribution in [2.75, 3.05) is 18.0 Å². The third kappa shape index (κ3) is 2.94. The van der Waals surface area contributed by atoms with Gasteiger partial charge >= 0.3 is 0 Å². The van der Waals surface area contributed by atoms with Gasteiger partial charge in [-0.3, -0.25) is 24.1 Å². The highest BCUT2D eigenvalue weighted by Crippen LogP contribution is 2.28. The fourth-order valence-corrected chi connectivity index (χ4v) is 3.68. The lowest BCUT2D eigenvalue weighted by molar-refractivity contribution is -0.127. The summed E-state index contributed by atoms with van der Waals surface area (Å²) in [6, 6.07) is 13.4. The van der Waals surface area contributed by atoms with Crippen LogP contribution in [-0.2, 0) is 16.0 Å². The van der Waals surface area contributed by atoms with Crippen LogP contribution in [0.2, 0.25) is 0 Å². The average molecular weight is 377 g/mol. The molecule has 142 valence electrons. The molecule has 0 fully saturated rings. The number of hydrogen-bond acceptors (Lipinski definition) is 4. The molecule has 2 aromatic carbocycles. The molecule has 0 aliphatic carbocycles. The molecule has 2 aromatic rings. The van der Waals surface area contributed by atoms with Crippen molar-refractivity contribution in [2.24, 2.45) is 0 Å². The van der Waals surface area contributed by atoms with Gasteiger partial charge in [0.05, 0.1) is 11.1 Å². The molecule has 7 heteroatoms. The molecule has 1 atom stereocenters. The molecular weight excluding hydrogens is 358 g/mol. The summed E-state index contributed by atoms with van der Waals surface area (Å²) in [6.45, 7) is 1.75. The van der Waals surface area contributed by atoms with E-state index in [0.717, 1.165) is 22.6 Å². The molecule has 2 heterocycles. The van der Waals surface area contributed by atoms with Crippen molar-refractivity contribution in [2.45, 2.75) is 19.4 Å². The molecule has 7 nitrogen and oxygen atoms in total. The molecule has 4 rings (SSSR count). The standard InChI is InChI=1S/C21H19N3O4/c1-13(19(26)23-11-10-14-6-2-5-9-17(14)23)22-18(25)12-24-20(27)15-7-3-4-8-16(15)21(24)28/h2-9,13H,10-12H2,1H3,(H,22,25)/t13-/m0/s1. The number of fused-ring (bicyclic) bond motifs is 2. The second-order valence-electron chi connectivity index (χ2n) is 6.90. The average Bonchev–Trinajstić information content (AvgIpc) is 3.23. The van der Waals surface area contributed by atoms with Crippen molar-refractivity contribution >= 4 is 29.3 Å². The summed E-state index contributed by atoms with van der Waals surface area (Å²) in [5.74, 6) is -1.77. The van der Waals surface area contributed by atoms with Gasteiger partial charge < -0.3 is 10.2 Å². The van der Waals surface area contributed by atoms with E-state index >= 15 is 0 Å². The summed E-state index contributed by atoms with van der Waals surface area (Å²) < 4.78 is 0. The number of benzene rings is 2. The third-order valence-electron chi connectivity index (χ3n) is 5.08. The molecule has 0 spiro atoms. The van der Waals surface area contributed by atoms with Crippen molar-refractivity contribution in [3.8, 4) is 0 Å². The zero-order valence-electron chi connectivity index (χ0n) is 15.3. The number of carbonyl (C=O) groups excluding carboxylic acids is 4. The molecule has 0 saturated heterocycles. The van der Waals surface area contributed by atoms with E-state index in [-0.39, 0.29) is 17.0 Å². The van der Waals surface area contributed by atoms with E-state index in [0.29, 0.717) is 6.54 Å². The number of carbonyl (C=O) groups is 4. The fourth-order valence-electron chi connectivity index (χ4n) is 3.68. The van der Waals surface area contributed by atoms with E-state index in [1.807, 2.05) is 24.3 Å². The quantitative estimate of drug-likeness (QED) is 0.816. The van der Waals surface area contributed by atoms with Crippen molar-refractivity contribution < 1.29 is 19.2 Å². The second-order valence-corrected chi connectivity index (χ2v) is 6.90. The van der Waals surface area contributed by atoms with Gasteiger partial charge in [-0.15, -0.1) is 0 Å². The number of imide groups is 1. The van der Waals surface area contributed by atoms with Crippen LogP contribution in [0.4, 0.5) is 5.69 Å². The van der Waals surface area contributed by atoms with Crippen molar-refractivity contribution in [3.05, 3.63) is 65.2 Å². The molecule has 0 saturated carbocycles. The van der Waals surface area contributed by atoms with E-state index < -0.39 is 30.3 Å². The minimum absolute atomic E-state index is 0.222. The summed E-state index contributed by atoms with van der Waals surface area (Å²) in [6.07, 6.45) is 0.775. The lowest BCUT2D eigenvalue weighted by atomic mass is 10.1. The van der Waals surface area contributed by atoms with Gasteiger partial charge in [0.2, 0.25) is 11.8 Å². The Morgan fingerprint density at radius 3 is 2.29 bits per heavy atom. The Morgan fingerprint density at radius 1 is 1.00 bits per heavy atom. The Bertz CT molecular complexity index is 966. The molecule has 0 unspecified atom stereocenters.